The van der Waals surface area contributed by atoms with Gasteiger partial charge in [0.1, 0.15) is 6.54 Å². The lowest BCUT2D eigenvalue weighted by atomic mass is 9.90. The maximum absolute atomic E-state index is 12.5. The molecule has 0 aromatic carbocycles. The Balaban J connectivity index is 2.18. The van der Waals surface area contributed by atoms with Crippen molar-refractivity contribution in [3.05, 3.63) is 33.7 Å². The number of aryl methyl sites for hydroxylation is 1. The van der Waals surface area contributed by atoms with Crippen LogP contribution < -0.4 is 5.56 Å². The third-order valence-corrected chi connectivity index (χ3v) is 4.68. The van der Waals surface area contributed by atoms with Gasteiger partial charge < -0.3 is 14.4 Å². The molecule has 1 aliphatic heterocycles. The van der Waals surface area contributed by atoms with E-state index in [1.54, 1.807) is 13.0 Å². The second-order valence-electron chi connectivity index (χ2n) is 7.75. The van der Waals surface area contributed by atoms with E-state index in [0.717, 1.165) is 24.3 Å². The molecule has 25 heavy (non-hydrogen) atoms. The molecule has 1 aromatic heterocycles. The Bertz CT molecular complexity index is 675. The van der Waals surface area contributed by atoms with Gasteiger partial charge in [-0.3, -0.25) is 14.5 Å². The highest BCUT2D eigenvalue weighted by Gasteiger charge is 2.33. The predicted molar refractivity (Wildman–Crippen MR) is 96.7 cm³/mol. The summed E-state index contributed by atoms with van der Waals surface area (Å²) in [5, 5.41) is 10.0. The normalized spacial score (nSPS) is 21.5. The molecule has 2 atom stereocenters. The number of nitrogens with zero attached hydrogens (tertiary/aromatic N) is 2. The number of likely N-dealkylation sites (tertiary alicyclic amines) is 1. The van der Waals surface area contributed by atoms with E-state index in [2.05, 4.69) is 11.8 Å². The fourth-order valence-corrected chi connectivity index (χ4v) is 3.68. The summed E-state index contributed by atoms with van der Waals surface area (Å²) in [5.41, 5.74) is 0.876. The number of β-amino-alcohol motifs (C(OH)–C–C–N with tert-alkyl or cyclic N) is 1. The largest absolute Gasteiger partial charge is 0.465 e. The maximum atomic E-state index is 12.5. The number of aliphatic hydroxyl groups is 1. The van der Waals surface area contributed by atoms with Crippen molar-refractivity contribution in [2.75, 3.05) is 26.2 Å². The smallest absolute Gasteiger partial charge is 0.326 e. The summed E-state index contributed by atoms with van der Waals surface area (Å²) in [6, 6.07) is 3.64. The molecule has 140 valence electrons. The zero-order valence-electron chi connectivity index (χ0n) is 15.9. The molecule has 0 radical (unpaired) electrons. The Labute approximate surface area is 149 Å². The fourth-order valence-electron chi connectivity index (χ4n) is 3.68. The number of carbonyl (C=O) groups excluding carboxylic acids is 1. The average Bonchev–Trinajstić information content (AvgIpc) is 2.81. The molecule has 0 bridgehead atoms. The second kappa shape index (κ2) is 7.70. The quantitative estimate of drug-likeness (QED) is 0.788. The first kappa shape index (κ1) is 19.7. The molecule has 1 saturated heterocycles. The molecule has 0 spiro atoms. The first-order valence-corrected chi connectivity index (χ1v) is 8.92. The number of aromatic nitrogens is 1. The van der Waals surface area contributed by atoms with Gasteiger partial charge in [-0.15, -0.1) is 0 Å². The van der Waals surface area contributed by atoms with Crippen molar-refractivity contribution in [2.24, 2.45) is 5.92 Å². The minimum Gasteiger partial charge on any atom is -0.465 e. The predicted octanol–water partition coefficient (Wildman–Crippen LogP) is 1.53. The van der Waals surface area contributed by atoms with Gasteiger partial charge in [0.15, 0.2) is 0 Å². The first-order valence-electron chi connectivity index (χ1n) is 8.92. The van der Waals surface area contributed by atoms with Crippen LogP contribution in [0.2, 0.25) is 0 Å². The average molecular weight is 350 g/mol. The molecular formula is C19H30N2O4. The highest BCUT2D eigenvalue weighted by Crippen LogP contribution is 2.32. The zero-order chi connectivity index (χ0) is 18.8. The van der Waals surface area contributed by atoms with E-state index in [0.29, 0.717) is 19.1 Å². The van der Waals surface area contributed by atoms with E-state index in [4.69, 9.17) is 4.74 Å². The third-order valence-electron chi connectivity index (χ3n) is 4.68. The number of esters is 1. The molecule has 1 N–H and O–H groups in total. The Morgan fingerprint density at radius 3 is 2.60 bits per heavy atom. The topological polar surface area (TPSA) is 71.8 Å². The molecule has 0 amide bonds. The maximum Gasteiger partial charge on any atom is 0.326 e. The molecule has 1 aliphatic rings. The van der Waals surface area contributed by atoms with Crippen molar-refractivity contribution >= 4 is 5.97 Å². The van der Waals surface area contributed by atoms with Crippen LogP contribution in [0.1, 0.15) is 44.9 Å². The summed E-state index contributed by atoms with van der Waals surface area (Å²) in [6.45, 7) is 12.0. The number of hydrogen-bond donors (Lipinski definition) is 1. The number of ether oxygens (including phenoxy) is 1. The van der Waals surface area contributed by atoms with Gasteiger partial charge in [-0.2, -0.15) is 0 Å². The minimum atomic E-state index is -0.729. The highest BCUT2D eigenvalue weighted by molar-refractivity contribution is 5.69. The summed E-state index contributed by atoms with van der Waals surface area (Å²) >= 11 is 0. The SMILES string of the molecule is CCOC(=O)Cn1c(C)cc([C@H]2CN(CC(C)(C)O)C[C@H]2C)cc1=O. The van der Waals surface area contributed by atoms with Crippen molar-refractivity contribution in [2.45, 2.75) is 52.7 Å². The van der Waals surface area contributed by atoms with E-state index in [9.17, 15) is 14.7 Å². The van der Waals surface area contributed by atoms with Crippen LogP contribution in [-0.4, -0.2) is 52.4 Å². The summed E-state index contributed by atoms with van der Waals surface area (Å²) in [5.74, 6) is 0.263. The van der Waals surface area contributed by atoms with Crippen LogP contribution in [0.5, 0.6) is 0 Å². The van der Waals surface area contributed by atoms with Crippen LogP contribution in [-0.2, 0) is 16.1 Å². The molecule has 1 aromatic rings. The molecule has 0 unspecified atom stereocenters. The van der Waals surface area contributed by atoms with Gasteiger partial charge in [0.05, 0.1) is 12.2 Å². The van der Waals surface area contributed by atoms with Crippen molar-refractivity contribution in [1.82, 2.24) is 9.47 Å². The first-order chi connectivity index (χ1) is 11.6. The van der Waals surface area contributed by atoms with Crippen molar-refractivity contribution in [3.63, 3.8) is 0 Å². The summed E-state index contributed by atoms with van der Waals surface area (Å²) in [6.07, 6.45) is 0. The number of rotatable bonds is 6. The molecule has 6 nitrogen and oxygen atoms in total. The molecule has 2 heterocycles. The van der Waals surface area contributed by atoms with E-state index in [1.165, 1.54) is 4.57 Å². The number of carbonyl (C=O) groups is 1. The fraction of sp³-hybridized carbons (Fsp3) is 0.684. The molecule has 6 heteroatoms. The van der Waals surface area contributed by atoms with Crippen molar-refractivity contribution in [1.29, 1.82) is 0 Å². The van der Waals surface area contributed by atoms with Crippen LogP contribution in [0.25, 0.3) is 0 Å². The van der Waals surface area contributed by atoms with E-state index >= 15 is 0 Å². The molecule has 2 rings (SSSR count). The number of hydrogen-bond acceptors (Lipinski definition) is 5. The van der Waals surface area contributed by atoms with Gasteiger partial charge in [-0.25, -0.2) is 0 Å². The molecule has 1 fully saturated rings. The summed E-state index contributed by atoms with van der Waals surface area (Å²) in [7, 11) is 0. The van der Waals surface area contributed by atoms with Gasteiger partial charge in [-0.1, -0.05) is 6.92 Å². The molecular weight excluding hydrogens is 320 g/mol. The van der Waals surface area contributed by atoms with E-state index < -0.39 is 11.6 Å². The van der Waals surface area contributed by atoms with Gasteiger partial charge in [0.2, 0.25) is 0 Å². The zero-order valence-corrected chi connectivity index (χ0v) is 15.9. The van der Waals surface area contributed by atoms with Crippen molar-refractivity contribution < 1.29 is 14.6 Å². The molecule has 0 saturated carbocycles. The van der Waals surface area contributed by atoms with Gasteiger partial charge in [0.25, 0.3) is 5.56 Å². The second-order valence-corrected chi connectivity index (χ2v) is 7.75. The Morgan fingerprint density at radius 1 is 1.36 bits per heavy atom. The lowest BCUT2D eigenvalue weighted by Gasteiger charge is -2.25. The van der Waals surface area contributed by atoms with Gasteiger partial charge in [-0.05, 0) is 45.2 Å². The van der Waals surface area contributed by atoms with Crippen LogP contribution in [0.3, 0.4) is 0 Å². The summed E-state index contributed by atoms with van der Waals surface area (Å²) < 4.78 is 6.39. The number of pyridine rings is 1. The lowest BCUT2D eigenvalue weighted by Crippen LogP contribution is -2.37. The Morgan fingerprint density at radius 2 is 2.04 bits per heavy atom. The van der Waals surface area contributed by atoms with Gasteiger partial charge >= 0.3 is 5.97 Å². The Hall–Kier alpha value is -1.66. The molecule has 0 aliphatic carbocycles. The van der Waals surface area contributed by atoms with Crippen molar-refractivity contribution in [3.8, 4) is 0 Å². The lowest BCUT2D eigenvalue weighted by molar-refractivity contribution is -0.143. The Kier molecular flexibility index (Phi) is 6.06. The van der Waals surface area contributed by atoms with E-state index in [-0.39, 0.29) is 18.0 Å². The standard InChI is InChI=1S/C19H30N2O4/c1-6-25-18(23)11-21-14(3)7-15(8-17(21)22)16-10-20(9-13(16)2)12-19(4,5)24/h7-8,13,16,24H,6,9-12H2,1-5H3/t13-,16+/m1/s1. The summed E-state index contributed by atoms with van der Waals surface area (Å²) in [4.78, 5) is 26.4. The third kappa shape index (κ3) is 5.16. The monoisotopic (exact) mass is 350 g/mol. The van der Waals surface area contributed by atoms with Gasteiger partial charge in [0, 0.05) is 37.3 Å². The van der Waals surface area contributed by atoms with Crippen LogP contribution in [0.4, 0.5) is 0 Å². The highest BCUT2D eigenvalue weighted by atomic mass is 16.5. The van der Waals surface area contributed by atoms with Crippen LogP contribution in [0.15, 0.2) is 16.9 Å². The van der Waals surface area contributed by atoms with Crippen LogP contribution in [0, 0.1) is 12.8 Å². The van der Waals surface area contributed by atoms with Crippen LogP contribution >= 0.6 is 0 Å². The van der Waals surface area contributed by atoms with E-state index in [1.807, 2.05) is 26.8 Å². The minimum absolute atomic E-state index is 0.0518.